The molecule has 0 bridgehead atoms. The fourth-order valence-corrected chi connectivity index (χ4v) is 2.76. The lowest BCUT2D eigenvalue weighted by Crippen LogP contribution is -2.23. The molecule has 4 N–H and O–H groups in total. The van der Waals surface area contributed by atoms with Gasteiger partial charge < -0.3 is 5.73 Å². The summed E-state index contributed by atoms with van der Waals surface area (Å²) in [6.07, 6.45) is 3.19. The SMILES string of the molecule is NCC#Cc1ccccc1S(=O)(=O)NCc1cn[nH]c1. The highest BCUT2D eigenvalue weighted by atomic mass is 32.2. The molecule has 104 valence electrons. The summed E-state index contributed by atoms with van der Waals surface area (Å²) in [5, 5.41) is 6.38. The van der Waals surface area contributed by atoms with Crippen LogP contribution in [-0.2, 0) is 16.6 Å². The van der Waals surface area contributed by atoms with Gasteiger partial charge in [0.1, 0.15) is 0 Å². The fourth-order valence-electron chi connectivity index (χ4n) is 1.58. The quantitative estimate of drug-likeness (QED) is 0.700. The number of nitrogens with two attached hydrogens (primary N) is 1. The average Bonchev–Trinajstić information content (AvgIpc) is 2.97. The van der Waals surface area contributed by atoms with Crippen molar-refractivity contribution in [2.24, 2.45) is 5.73 Å². The van der Waals surface area contributed by atoms with Gasteiger partial charge in [-0.05, 0) is 12.1 Å². The van der Waals surface area contributed by atoms with E-state index in [1.165, 1.54) is 6.07 Å². The van der Waals surface area contributed by atoms with E-state index in [0.29, 0.717) is 5.56 Å². The van der Waals surface area contributed by atoms with Crippen molar-refractivity contribution in [2.45, 2.75) is 11.4 Å². The molecule has 0 fully saturated rings. The molecule has 6 nitrogen and oxygen atoms in total. The van der Waals surface area contributed by atoms with Crippen LogP contribution >= 0.6 is 0 Å². The van der Waals surface area contributed by atoms with E-state index in [1.807, 2.05) is 0 Å². The van der Waals surface area contributed by atoms with E-state index >= 15 is 0 Å². The van der Waals surface area contributed by atoms with Gasteiger partial charge in [0.05, 0.1) is 17.6 Å². The highest BCUT2D eigenvalue weighted by Crippen LogP contribution is 2.14. The maximum absolute atomic E-state index is 12.3. The van der Waals surface area contributed by atoms with Crippen LogP contribution in [0.3, 0.4) is 0 Å². The summed E-state index contributed by atoms with van der Waals surface area (Å²) < 4.78 is 27.0. The number of rotatable bonds is 4. The van der Waals surface area contributed by atoms with Crippen LogP contribution in [0.4, 0.5) is 0 Å². The van der Waals surface area contributed by atoms with Crippen molar-refractivity contribution >= 4 is 10.0 Å². The van der Waals surface area contributed by atoms with Gasteiger partial charge in [-0.1, -0.05) is 24.0 Å². The standard InChI is InChI=1S/C13H14N4O2S/c14-7-3-5-12-4-1-2-6-13(12)20(18,19)17-10-11-8-15-16-9-11/h1-2,4,6,8-9,17H,7,10,14H2,(H,15,16). The van der Waals surface area contributed by atoms with Gasteiger partial charge in [0.25, 0.3) is 0 Å². The molecule has 0 saturated heterocycles. The molecule has 2 rings (SSSR count). The Kier molecular flexibility index (Phi) is 4.53. The molecule has 0 aliphatic rings. The summed E-state index contributed by atoms with van der Waals surface area (Å²) in [7, 11) is -3.63. The molecule has 0 amide bonds. The fraction of sp³-hybridized carbons (Fsp3) is 0.154. The van der Waals surface area contributed by atoms with Crippen molar-refractivity contribution in [1.82, 2.24) is 14.9 Å². The van der Waals surface area contributed by atoms with Gasteiger partial charge in [0.15, 0.2) is 0 Å². The first-order chi connectivity index (χ1) is 9.63. The highest BCUT2D eigenvalue weighted by Gasteiger charge is 2.17. The minimum absolute atomic E-state index is 0.143. The Hall–Kier alpha value is -2.14. The third-order valence-electron chi connectivity index (χ3n) is 2.52. The number of H-pyrrole nitrogens is 1. The van der Waals surface area contributed by atoms with Crippen LogP contribution in [0.15, 0.2) is 41.6 Å². The van der Waals surface area contributed by atoms with Crippen LogP contribution in [0.5, 0.6) is 0 Å². The van der Waals surface area contributed by atoms with E-state index in [4.69, 9.17) is 5.73 Å². The molecule has 20 heavy (non-hydrogen) atoms. The Morgan fingerprint density at radius 2 is 2.15 bits per heavy atom. The normalized spacial score (nSPS) is 10.8. The van der Waals surface area contributed by atoms with E-state index < -0.39 is 10.0 Å². The van der Waals surface area contributed by atoms with Crippen molar-refractivity contribution < 1.29 is 8.42 Å². The van der Waals surface area contributed by atoms with Gasteiger partial charge in [-0.2, -0.15) is 5.10 Å². The minimum atomic E-state index is -3.63. The van der Waals surface area contributed by atoms with Gasteiger partial charge in [0.2, 0.25) is 10.0 Å². The first kappa shape index (κ1) is 14.3. The molecule has 1 aromatic carbocycles. The predicted octanol–water partition coefficient (Wildman–Crippen LogP) is 0.198. The van der Waals surface area contributed by atoms with E-state index in [0.717, 1.165) is 5.56 Å². The van der Waals surface area contributed by atoms with E-state index in [2.05, 4.69) is 26.8 Å². The Morgan fingerprint density at radius 1 is 1.35 bits per heavy atom. The lowest BCUT2D eigenvalue weighted by atomic mass is 10.2. The highest BCUT2D eigenvalue weighted by molar-refractivity contribution is 7.89. The maximum Gasteiger partial charge on any atom is 0.242 e. The summed E-state index contributed by atoms with van der Waals surface area (Å²) in [6.45, 7) is 0.342. The summed E-state index contributed by atoms with van der Waals surface area (Å²) in [5.41, 5.74) is 6.49. The van der Waals surface area contributed by atoms with Crippen molar-refractivity contribution in [2.75, 3.05) is 6.54 Å². The average molecular weight is 290 g/mol. The molecule has 1 heterocycles. The molecule has 2 aromatic rings. The summed E-state index contributed by atoms with van der Waals surface area (Å²) >= 11 is 0. The monoisotopic (exact) mass is 290 g/mol. The van der Waals surface area contributed by atoms with Crippen molar-refractivity contribution in [1.29, 1.82) is 0 Å². The van der Waals surface area contributed by atoms with E-state index in [-0.39, 0.29) is 18.0 Å². The number of nitrogens with zero attached hydrogens (tertiary/aromatic N) is 1. The first-order valence-electron chi connectivity index (χ1n) is 5.89. The molecule has 0 aliphatic carbocycles. The molecule has 1 aromatic heterocycles. The van der Waals surface area contributed by atoms with Gasteiger partial charge in [-0.25, -0.2) is 13.1 Å². The number of hydrogen-bond donors (Lipinski definition) is 3. The van der Waals surface area contributed by atoms with Crippen LogP contribution in [0.2, 0.25) is 0 Å². The van der Waals surface area contributed by atoms with Crippen LogP contribution in [-0.4, -0.2) is 25.2 Å². The molecule has 0 radical (unpaired) electrons. The van der Waals surface area contributed by atoms with Crippen LogP contribution in [0.1, 0.15) is 11.1 Å². The molecular formula is C13H14N4O2S. The van der Waals surface area contributed by atoms with Gasteiger partial charge in [-0.3, -0.25) is 5.10 Å². The molecule has 7 heteroatoms. The summed E-state index contributed by atoms with van der Waals surface area (Å²) in [4.78, 5) is 0.143. The van der Waals surface area contributed by atoms with E-state index in [1.54, 1.807) is 30.6 Å². The largest absolute Gasteiger partial charge is 0.320 e. The second-order valence-corrected chi connectivity index (χ2v) is 5.67. The zero-order chi connectivity index (χ0) is 14.4. The maximum atomic E-state index is 12.3. The van der Waals surface area contributed by atoms with E-state index in [9.17, 15) is 8.42 Å². The Labute approximate surface area is 117 Å². The number of sulfonamides is 1. The third-order valence-corrected chi connectivity index (χ3v) is 3.98. The second kappa shape index (κ2) is 6.34. The molecule has 0 atom stereocenters. The number of benzene rings is 1. The number of hydrogen-bond acceptors (Lipinski definition) is 4. The number of nitrogens with one attached hydrogen (secondary N) is 2. The van der Waals surface area contributed by atoms with Crippen LogP contribution < -0.4 is 10.5 Å². The van der Waals surface area contributed by atoms with Gasteiger partial charge in [-0.15, -0.1) is 0 Å². The molecule has 0 spiro atoms. The molecule has 0 aliphatic heterocycles. The summed E-state index contributed by atoms with van der Waals surface area (Å²) in [6, 6.07) is 6.54. The minimum Gasteiger partial charge on any atom is -0.320 e. The van der Waals surface area contributed by atoms with Crippen LogP contribution in [0, 0.1) is 11.8 Å². The van der Waals surface area contributed by atoms with Crippen molar-refractivity contribution in [3.05, 3.63) is 47.8 Å². The Bertz CT molecular complexity index is 727. The predicted molar refractivity (Wildman–Crippen MR) is 75.0 cm³/mol. The number of aromatic nitrogens is 2. The number of aromatic amines is 1. The van der Waals surface area contributed by atoms with Gasteiger partial charge >= 0.3 is 0 Å². The Balaban J connectivity index is 2.25. The van der Waals surface area contributed by atoms with Crippen LogP contribution in [0.25, 0.3) is 0 Å². The molecule has 0 saturated carbocycles. The lowest BCUT2D eigenvalue weighted by molar-refractivity contribution is 0.581. The van der Waals surface area contributed by atoms with Crippen molar-refractivity contribution in [3.8, 4) is 11.8 Å². The zero-order valence-electron chi connectivity index (χ0n) is 10.6. The zero-order valence-corrected chi connectivity index (χ0v) is 11.4. The first-order valence-corrected chi connectivity index (χ1v) is 7.37. The Morgan fingerprint density at radius 3 is 2.85 bits per heavy atom. The van der Waals surface area contributed by atoms with Gasteiger partial charge in [0, 0.05) is 23.9 Å². The lowest BCUT2D eigenvalue weighted by Gasteiger charge is -2.07. The van der Waals surface area contributed by atoms with Crippen molar-refractivity contribution in [3.63, 3.8) is 0 Å². The smallest absolute Gasteiger partial charge is 0.242 e. The summed E-state index contributed by atoms with van der Waals surface area (Å²) in [5.74, 6) is 5.42. The topological polar surface area (TPSA) is 101 Å². The third kappa shape index (κ3) is 3.45. The molecular weight excluding hydrogens is 276 g/mol. The molecule has 0 unspecified atom stereocenters. The second-order valence-electron chi connectivity index (χ2n) is 3.93.